The van der Waals surface area contributed by atoms with Crippen molar-refractivity contribution in [3.05, 3.63) is 29.8 Å². The van der Waals surface area contributed by atoms with E-state index in [1.165, 1.54) is 0 Å². The predicted octanol–water partition coefficient (Wildman–Crippen LogP) is 1.18. The van der Waals surface area contributed by atoms with E-state index in [1.807, 2.05) is 0 Å². The first kappa shape index (κ1) is 15.8. The molecule has 0 radical (unpaired) electrons. The summed E-state index contributed by atoms with van der Waals surface area (Å²) in [5.41, 5.74) is 6.73. The van der Waals surface area contributed by atoms with Crippen molar-refractivity contribution in [3.8, 4) is 0 Å². The lowest BCUT2D eigenvalue weighted by atomic mass is 10.2. The number of nitrogen functional groups attached to an aromatic ring is 1. The Labute approximate surface area is 119 Å². The Kier molecular flexibility index (Phi) is 6.62. The van der Waals surface area contributed by atoms with Gasteiger partial charge in [0.15, 0.2) is 0 Å². The molecule has 0 aromatic heterocycles. The van der Waals surface area contributed by atoms with Crippen LogP contribution in [0.2, 0.25) is 0 Å². The molecule has 0 bridgehead atoms. The third kappa shape index (κ3) is 5.06. The Bertz CT molecular complexity index is 391. The fourth-order valence-electron chi connectivity index (χ4n) is 1.79. The number of hydrogen-bond acceptors (Lipinski definition) is 5. The van der Waals surface area contributed by atoms with Gasteiger partial charge in [-0.15, -0.1) is 12.4 Å². The zero-order chi connectivity index (χ0) is 12.8. The molecule has 1 aromatic rings. The van der Waals surface area contributed by atoms with Crippen LogP contribution in [0.15, 0.2) is 24.3 Å². The van der Waals surface area contributed by atoms with Gasteiger partial charge in [-0.3, -0.25) is 4.90 Å². The number of esters is 1. The lowest BCUT2D eigenvalue weighted by Gasteiger charge is -2.26. The molecule has 6 heteroatoms. The molecule has 1 aromatic carbocycles. The minimum Gasteiger partial charge on any atom is -0.461 e. The quantitative estimate of drug-likeness (QED) is 0.665. The summed E-state index contributed by atoms with van der Waals surface area (Å²) in [6.45, 7) is 4.48. The summed E-state index contributed by atoms with van der Waals surface area (Å²) in [6.07, 6.45) is 0. The third-order valence-electron chi connectivity index (χ3n) is 2.89. The average Bonchev–Trinajstić information content (AvgIpc) is 2.40. The van der Waals surface area contributed by atoms with E-state index in [2.05, 4.69) is 4.90 Å². The second-order valence-corrected chi connectivity index (χ2v) is 4.21. The molecule has 0 aliphatic carbocycles. The number of rotatable bonds is 4. The Morgan fingerprint density at radius 2 is 1.89 bits per heavy atom. The van der Waals surface area contributed by atoms with Gasteiger partial charge in [0.2, 0.25) is 0 Å². The van der Waals surface area contributed by atoms with Gasteiger partial charge in [-0.25, -0.2) is 4.79 Å². The van der Waals surface area contributed by atoms with Crippen molar-refractivity contribution in [2.75, 3.05) is 45.2 Å². The van der Waals surface area contributed by atoms with Crippen LogP contribution >= 0.6 is 12.4 Å². The zero-order valence-electron chi connectivity index (χ0n) is 10.7. The molecule has 19 heavy (non-hydrogen) atoms. The van der Waals surface area contributed by atoms with Gasteiger partial charge in [0.05, 0.1) is 18.8 Å². The van der Waals surface area contributed by atoms with Gasteiger partial charge < -0.3 is 15.2 Å². The van der Waals surface area contributed by atoms with Gasteiger partial charge in [-0.2, -0.15) is 0 Å². The number of carbonyl (C=O) groups is 1. The van der Waals surface area contributed by atoms with Crippen LogP contribution in [0.5, 0.6) is 0 Å². The minimum absolute atomic E-state index is 0. The lowest BCUT2D eigenvalue weighted by Crippen LogP contribution is -2.38. The number of morpholine rings is 1. The Morgan fingerprint density at radius 1 is 1.26 bits per heavy atom. The first-order valence-electron chi connectivity index (χ1n) is 6.08. The van der Waals surface area contributed by atoms with Crippen molar-refractivity contribution < 1.29 is 14.3 Å². The molecule has 0 unspecified atom stereocenters. The fourth-order valence-corrected chi connectivity index (χ4v) is 1.79. The molecule has 0 spiro atoms. The normalized spacial score (nSPS) is 15.6. The standard InChI is InChI=1S/C13H18N2O3.ClH/c14-12-3-1-11(2-4-12)13(16)18-10-7-15-5-8-17-9-6-15;/h1-4H,5-10,14H2;1H. The fraction of sp³-hybridized carbons (Fsp3) is 0.462. The predicted molar refractivity (Wildman–Crippen MR) is 75.6 cm³/mol. The van der Waals surface area contributed by atoms with Gasteiger partial charge in [0.1, 0.15) is 6.61 Å². The number of nitrogens with two attached hydrogens (primary N) is 1. The minimum atomic E-state index is -0.303. The number of anilines is 1. The SMILES string of the molecule is Cl.Nc1ccc(C(=O)OCCN2CCOCC2)cc1. The number of ether oxygens (including phenoxy) is 2. The highest BCUT2D eigenvalue weighted by molar-refractivity contribution is 5.89. The number of nitrogens with zero attached hydrogens (tertiary/aromatic N) is 1. The van der Waals surface area contributed by atoms with Crippen LogP contribution in [0.25, 0.3) is 0 Å². The van der Waals surface area contributed by atoms with Crippen LogP contribution in [-0.4, -0.2) is 50.3 Å². The second kappa shape index (κ2) is 7.99. The summed E-state index contributed by atoms with van der Waals surface area (Å²) in [5.74, 6) is -0.303. The van der Waals surface area contributed by atoms with Crippen LogP contribution in [0.3, 0.4) is 0 Å². The Hall–Kier alpha value is -1.30. The molecule has 0 atom stereocenters. The molecule has 5 nitrogen and oxygen atoms in total. The van der Waals surface area contributed by atoms with Crippen LogP contribution in [-0.2, 0) is 9.47 Å². The smallest absolute Gasteiger partial charge is 0.338 e. The number of halogens is 1. The van der Waals surface area contributed by atoms with E-state index in [4.69, 9.17) is 15.2 Å². The molecule has 1 fully saturated rings. The number of carbonyl (C=O) groups excluding carboxylic acids is 1. The summed E-state index contributed by atoms with van der Waals surface area (Å²) in [4.78, 5) is 13.9. The van der Waals surface area contributed by atoms with E-state index >= 15 is 0 Å². The summed E-state index contributed by atoms with van der Waals surface area (Å²) in [6, 6.07) is 6.73. The summed E-state index contributed by atoms with van der Waals surface area (Å²) < 4.78 is 10.5. The van der Waals surface area contributed by atoms with Gasteiger partial charge in [0, 0.05) is 25.3 Å². The Morgan fingerprint density at radius 3 is 2.53 bits per heavy atom. The third-order valence-corrected chi connectivity index (χ3v) is 2.89. The van der Waals surface area contributed by atoms with E-state index in [1.54, 1.807) is 24.3 Å². The molecule has 1 saturated heterocycles. The van der Waals surface area contributed by atoms with E-state index in [9.17, 15) is 4.79 Å². The van der Waals surface area contributed by atoms with Gasteiger partial charge in [-0.05, 0) is 24.3 Å². The maximum atomic E-state index is 11.7. The van der Waals surface area contributed by atoms with E-state index in [-0.39, 0.29) is 18.4 Å². The van der Waals surface area contributed by atoms with Gasteiger partial charge >= 0.3 is 5.97 Å². The first-order chi connectivity index (χ1) is 8.75. The monoisotopic (exact) mass is 286 g/mol. The summed E-state index contributed by atoms with van der Waals surface area (Å²) in [5, 5.41) is 0. The van der Waals surface area contributed by atoms with Crippen molar-refractivity contribution in [1.29, 1.82) is 0 Å². The van der Waals surface area contributed by atoms with Crippen LogP contribution in [0.4, 0.5) is 5.69 Å². The van der Waals surface area contributed by atoms with E-state index in [0.29, 0.717) is 17.9 Å². The molecule has 2 N–H and O–H groups in total. The first-order valence-corrected chi connectivity index (χ1v) is 6.08. The van der Waals surface area contributed by atoms with Crippen molar-refractivity contribution in [1.82, 2.24) is 4.90 Å². The van der Waals surface area contributed by atoms with Crippen LogP contribution in [0, 0.1) is 0 Å². The molecule has 0 saturated carbocycles. The van der Waals surface area contributed by atoms with Crippen molar-refractivity contribution >= 4 is 24.1 Å². The van der Waals surface area contributed by atoms with Gasteiger partial charge in [-0.1, -0.05) is 0 Å². The molecule has 1 aliphatic heterocycles. The van der Waals surface area contributed by atoms with Crippen molar-refractivity contribution in [3.63, 3.8) is 0 Å². The maximum Gasteiger partial charge on any atom is 0.338 e. The Balaban J connectivity index is 0.00000180. The van der Waals surface area contributed by atoms with E-state index < -0.39 is 0 Å². The highest BCUT2D eigenvalue weighted by Gasteiger charge is 2.11. The maximum absolute atomic E-state index is 11.7. The topological polar surface area (TPSA) is 64.8 Å². The lowest BCUT2D eigenvalue weighted by molar-refractivity contribution is 0.0195. The largest absolute Gasteiger partial charge is 0.461 e. The van der Waals surface area contributed by atoms with Crippen LogP contribution in [0.1, 0.15) is 10.4 Å². The van der Waals surface area contributed by atoms with Gasteiger partial charge in [0.25, 0.3) is 0 Å². The number of hydrogen-bond donors (Lipinski definition) is 1. The molecule has 1 heterocycles. The highest BCUT2D eigenvalue weighted by atomic mass is 35.5. The highest BCUT2D eigenvalue weighted by Crippen LogP contribution is 2.07. The van der Waals surface area contributed by atoms with Crippen molar-refractivity contribution in [2.24, 2.45) is 0 Å². The molecule has 1 aliphatic rings. The van der Waals surface area contributed by atoms with Crippen molar-refractivity contribution in [2.45, 2.75) is 0 Å². The molecule has 0 amide bonds. The summed E-state index contributed by atoms with van der Waals surface area (Å²) in [7, 11) is 0. The summed E-state index contributed by atoms with van der Waals surface area (Å²) >= 11 is 0. The molecule has 2 rings (SSSR count). The average molecular weight is 287 g/mol. The zero-order valence-corrected chi connectivity index (χ0v) is 11.5. The second-order valence-electron chi connectivity index (χ2n) is 4.21. The van der Waals surface area contributed by atoms with Crippen LogP contribution < -0.4 is 5.73 Å². The molecular formula is C13H19ClN2O3. The number of benzene rings is 1. The molecular weight excluding hydrogens is 268 g/mol. The molecule has 106 valence electrons. The van der Waals surface area contributed by atoms with E-state index in [0.717, 1.165) is 32.8 Å².